The van der Waals surface area contributed by atoms with E-state index < -0.39 is 0 Å². The standard InChI is InChI=1S/C15H30N2S/c1-15(2,3)13(12-18)10-16-9-6-14(11-16)17-7-4-5-8-17/h13-14,18H,4-12H2,1-3H3. The van der Waals surface area contributed by atoms with Crippen molar-refractivity contribution in [2.45, 2.75) is 46.1 Å². The molecular formula is C15H30N2S. The van der Waals surface area contributed by atoms with Crippen LogP contribution in [-0.4, -0.2) is 54.3 Å². The van der Waals surface area contributed by atoms with Crippen molar-refractivity contribution in [3.8, 4) is 0 Å². The number of nitrogens with zero attached hydrogens (tertiary/aromatic N) is 2. The van der Waals surface area contributed by atoms with E-state index in [-0.39, 0.29) is 0 Å². The lowest BCUT2D eigenvalue weighted by Crippen LogP contribution is -2.39. The van der Waals surface area contributed by atoms with Gasteiger partial charge in [0.2, 0.25) is 0 Å². The summed E-state index contributed by atoms with van der Waals surface area (Å²) in [6, 6.07) is 0.841. The van der Waals surface area contributed by atoms with Gasteiger partial charge in [0.25, 0.3) is 0 Å². The third-order valence-corrected chi connectivity index (χ3v) is 5.27. The molecule has 3 heteroatoms. The summed E-state index contributed by atoms with van der Waals surface area (Å²) in [7, 11) is 0. The van der Waals surface area contributed by atoms with Crippen LogP contribution in [-0.2, 0) is 0 Å². The summed E-state index contributed by atoms with van der Waals surface area (Å²) < 4.78 is 0. The van der Waals surface area contributed by atoms with Crippen molar-refractivity contribution in [1.82, 2.24) is 9.80 Å². The third kappa shape index (κ3) is 3.64. The van der Waals surface area contributed by atoms with Gasteiger partial charge in [-0.2, -0.15) is 12.6 Å². The highest BCUT2D eigenvalue weighted by Crippen LogP contribution is 2.29. The van der Waals surface area contributed by atoms with Gasteiger partial charge in [0.05, 0.1) is 0 Å². The molecule has 2 atom stereocenters. The van der Waals surface area contributed by atoms with Gasteiger partial charge in [-0.1, -0.05) is 20.8 Å². The van der Waals surface area contributed by atoms with Crippen LogP contribution in [0, 0.1) is 11.3 Å². The second-order valence-corrected chi connectivity index (χ2v) is 7.56. The summed E-state index contributed by atoms with van der Waals surface area (Å²) in [6.45, 7) is 13.5. The quantitative estimate of drug-likeness (QED) is 0.785. The fourth-order valence-electron chi connectivity index (χ4n) is 3.30. The number of rotatable bonds is 4. The zero-order chi connectivity index (χ0) is 13.2. The van der Waals surface area contributed by atoms with Crippen molar-refractivity contribution in [2.75, 3.05) is 38.5 Å². The van der Waals surface area contributed by atoms with Crippen LogP contribution >= 0.6 is 12.6 Å². The summed E-state index contributed by atoms with van der Waals surface area (Å²) in [6.07, 6.45) is 4.21. The van der Waals surface area contributed by atoms with Gasteiger partial charge in [0.1, 0.15) is 0 Å². The lowest BCUT2D eigenvalue weighted by Gasteiger charge is -2.33. The SMILES string of the molecule is CC(C)(C)C(CS)CN1CCC(N2CCCC2)C1. The number of thiol groups is 1. The van der Waals surface area contributed by atoms with Crippen LogP contribution in [0.2, 0.25) is 0 Å². The summed E-state index contributed by atoms with van der Waals surface area (Å²) in [5.41, 5.74) is 0.382. The molecule has 0 aliphatic carbocycles. The first-order valence-corrected chi connectivity index (χ1v) is 8.21. The van der Waals surface area contributed by atoms with Gasteiger partial charge >= 0.3 is 0 Å². The lowest BCUT2D eigenvalue weighted by molar-refractivity contribution is 0.172. The van der Waals surface area contributed by atoms with Gasteiger partial charge in [0, 0.05) is 19.1 Å². The van der Waals surface area contributed by atoms with Crippen molar-refractivity contribution < 1.29 is 0 Å². The summed E-state index contributed by atoms with van der Waals surface area (Å²) in [5, 5.41) is 0. The molecule has 0 amide bonds. The first kappa shape index (κ1) is 14.7. The Hall–Kier alpha value is 0.270. The van der Waals surface area contributed by atoms with E-state index in [4.69, 9.17) is 0 Å². The van der Waals surface area contributed by atoms with Gasteiger partial charge in [-0.3, -0.25) is 4.90 Å². The fraction of sp³-hybridized carbons (Fsp3) is 1.00. The Morgan fingerprint density at radius 2 is 1.83 bits per heavy atom. The van der Waals surface area contributed by atoms with Crippen molar-refractivity contribution in [2.24, 2.45) is 11.3 Å². The average Bonchev–Trinajstić information content (AvgIpc) is 2.94. The summed E-state index contributed by atoms with van der Waals surface area (Å²) in [4.78, 5) is 5.39. The van der Waals surface area contributed by atoms with E-state index >= 15 is 0 Å². The van der Waals surface area contributed by atoms with Crippen LogP contribution in [0.15, 0.2) is 0 Å². The zero-order valence-corrected chi connectivity index (χ0v) is 13.3. The molecule has 0 radical (unpaired) electrons. The zero-order valence-electron chi connectivity index (χ0n) is 12.4. The minimum Gasteiger partial charge on any atom is -0.301 e. The van der Waals surface area contributed by atoms with Crippen molar-refractivity contribution >= 4 is 12.6 Å². The predicted molar refractivity (Wildman–Crippen MR) is 82.5 cm³/mol. The molecular weight excluding hydrogens is 240 g/mol. The molecule has 0 aromatic heterocycles. The Morgan fingerprint density at radius 1 is 1.17 bits per heavy atom. The molecule has 2 rings (SSSR count). The Bertz CT molecular complexity index is 256. The molecule has 2 aliphatic rings. The summed E-state index contributed by atoms with van der Waals surface area (Å²) in [5.74, 6) is 1.71. The minimum atomic E-state index is 0.382. The van der Waals surface area contributed by atoms with Crippen LogP contribution in [0.1, 0.15) is 40.0 Å². The van der Waals surface area contributed by atoms with Crippen LogP contribution in [0.5, 0.6) is 0 Å². The monoisotopic (exact) mass is 270 g/mol. The molecule has 0 N–H and O–H groups in total. The highest BCUT2D eigenvalue weighted by molar-refractivity contribution is 7.80. The van der Waals surface area contributed by atoms with E-state index in [1.807, 2.05) is 0 Å². The molecule has 106 valence electrons. The van der Waals surface area contributed by atoms with Gasteiger partial charge < -0.3 is 4.90 Å². The highest BCUT2D eigenvalue weighted by Gasteiger charge is 2.32. The molecule has 2 heterocycles. The topological polar surface area (TPSA) is 6.48 Å². The Kier molecular flexibility index (Phi) is 5.01. The molecule has 2 saturated heterocycles. The van der Waals surface area contributed by atoms with Crippen LogP contribution in [0.25, 0.3) is 0 Å². The maximum atomic E-state index is 4.55. The Balaban J connectivity index is 1.81. The van der Waals surface area contributed by atoms with Crippen LogP contribution in [0.3, 0.4) is 0 Å². The van der Waals surface area contributed by atoms with Crippen LogP contribution < -0.4 is 0 Å². The molecule has 0 bridgehead atoms. The fourth-order valence-corrected chi connectivity index (χ4v) is 3.96. The molecule has 18 heavy (non-hydrogen) atoms. The molecule has 2 aliphatic heterocycles. The maximum absolute atomic E-state index is 4.55. The van der Waals surface area contributed by atoms with E-state index in [1.165, 1.54) is 52.0 Å². The number of hydrogen-bond acceptors (Lipinski definition) is 3. The van der Waals surface area contributed by atoms with Crippen molar-refractivity contribution in [3.05, 3.63) is 0 Å². The van der Waals surface area contributed by atoms with E-state index in [1.54, 1.807) is 0 Å². The van der Waals surface area contributed by atoms with Crippen molar-refractivity contribution in [3.63, 3.8) is 0 Å². The van der Waals surface area contributed by atoms with E-state index in [0.29, 0.717) is 11.3 Å². The smallest absolute Gasteiger partial charge is 0.0235 e. The Labute approximate surface area is 119 Å². The minimum absolute atomic E-state index is 0.382. The van der Waals surface area contributed by atoms with Gasteiger partial charge in [-0.15, -0.1) is 0 Å². The van der Waals surface area contributed by atoms with Gasteiger partial charge in [-0.25, -0.2) is 0 Å². The van der Waals surface area contributed by atoms with Gasteiger partial charge in [0.15, 0.2) is 0 Å². The molecule has 0 spiro atoms. The lowest BCUT2D eigenvalue weighted by atomic mass is 9.81. The first-order valence-electron chi connectivity index (χ1n) is 7.58. The second-order valence-electron chi connectivity index (χ2n) is 7.19. The molecule has 2 unspecified atom stereocenters. The number of likely N-dealkylation sites (tertiary alicyclic amines) is 2. The van der Waals surface area contributed by atoms with Gasteiger partial charge in [-0.05, 0) is 56.0 Å². The average molecular weight is 270 g/mol. The van der Waals surface area contributed by atoms with E-state index in [0.717, 1.165) is 11.8 Å². The molecule has 2 fully saturated rings. The highest BCUT2D eigenvalue weighted by atomic mass is 32.1. The predicted octanol–water partition coefficient (Wildman–Crippen LogP) is 2.75. The summed E-state index contributed by atoms with van der Waals surface area (Å²) >= 11 is 4.55. The molecule has 0 aromatic carbocycles. The van der Waals surface area contributed by atoms with Crippen molar-refractivity contribution in [1.29, 1.82) is 0 Å². The largest absolute Gasteiger partial charge is 0.301 e. The molecule has 2 nitrogen and oxygen atoms in total. The Morgan fingerprint density at radius 3 is 2.39 bits per heavy atom. The first-order chi connectivity index (χ1) is 8.50. The van der Waals surface area contributed by atoms with Crippen LogP contribution in [0.4, 0.5) is 0 Å². The normalized spacial score (nSPS) is 29.0. The molecule has 0 saturated carbocycles. The number of hydrogen-bond donors (Lipinski definition) is 1. The van der Waals surface area contributed by atoms with E-state index in [9.17, 15) is 0 Å². The second kappa shape index (κ2) is 6.15. The maximum Gasteiger partial charge on any atom is 0.0235 e. The molecule has 0 aromatic rings. The third-order valence-electron chi connectivity index (χ3n) is 4.83. The van der Waals surface area contributed by atoms with E-state index in [2.05, 4.69) is 43.2 Å².